The molecule has 2 nitrogen and oxygen atoms in total. The number of piperidine rings is 1. The number of hydrogen-bond donors (Lipinski definition) is 0. The summed E-state index contributed by atoms with van der Waals surface area (Å²) in [6.45, 7) is 3.97. The predicted octanol–water partition coefficient (Wildman–Crippen LogP) is 2.88. The number of benzene rings is 1. The molecule has 0 N–H and O–H groups in total. The van der Waals surface area contributed by atoms with Crippen molar-refractivity contribution in [2.45, 2.75) is 32.6 Å². The first kappa shape index (κ1) is 11.2. The number of nitrogens with zero attached hydrogens (tertiary/aromatic N) is 1. The van der Waals surface area contributed by atoms with Crippen LogP contribution in [-0.2, 0) is 6.42 Å². The van der Waals surface area contributed by atoms with Crippen LogP contribution in [0.15, 0.2) is 24.3 Å². The van der Waals surface area contributed by atoms with E-state index < -0.39 is 0 Å². The standard InChI is InChI=1S/C14H19NO/c1-2-12-7-6-8-13(11-12)14(16)15-9-4-3-5-10-15/h6-8,11H,2-5,9-10H2,1H3. The summed E-state index contributed by atoms with van der Waals surface area (Å²) in [6, 6.07) is 8.01. The number of carbonyl (C=O) groups is 1. The Morgan fingerprint density at radius 1 is 1.25 bits per heavy atom. The topological polar surface area (TPSA) is 20.3 Å². The summed E-state index contributed by atoms with van der Waals surface area (Å²) in [5, 5.41) is 0. The van der Waals surface area contributed by atoms with Crippen LogP contribution in [0.5, 0.6) is 0 Å². The fourth-order valence-corrected chi connectivity index (χ4v) is 2.20. The van der Waals surface area contributed by atoms with E-state index in [1.165, 1.54) is 12.0 Å². The Kier molecular flexibility index (Phi) is 3.60. The second kappa shape index (κ2) is 5.15. The van der Waals surface area contributed by atoms with Crippen LogP contribution in [0.3, 0.4) is 0 Å². The lowest BCUT2D eigenvalue weighted by atomic mass is 10.1. The molecule has 2 rings (SSSR count). The van der Waals surface area contributed by atoms with Gasteiger partial charge in [0.05, 0.1) is 0 Å². The Balaban J connectivity index is 2.12. The number of aryl methyl sites for hydroxylation is 1. The first-order valence-electron chi connectivity index (χ1n) is 6.19. The van der Waals surface area contributed by atoms with Gasteiger partial charge in [-0.05, 0) is 43.4 Å². The Hall–Kier alpha value is -1.31. The Bertz CT molecular complexity index is 367. The average Bonchev–Trinajstić information content (AvgIpc) is 2.39. The molecule has 1 amide bonds. The van der Waals surface area contributed by atoms with Gasteiger partial charge in [0.1, 0.15) is 0 Å². The van der Waals surface area contributed by atoms with Crippen molar-refractivity contribution in [1.82, 2.24) is 4.90 Å². The SMILES string of the molecule is CCc1cccc(C(=O)N2CCCCC2)c1. The van der Waals surface area contributed by atoms with E-state index in [4.69, 9.17) is 0 Å². The van der Waals surface area contributed by atoms with E-state index in [1.807, 2.05) is 23.1 Å². The van der Waals surface area contributed by atoms with Crippen molar-refractivity contribution in [3.8, 4) is 0 Å². The van der Waals surface area contributed by atoms with Gasteiger partial charge in [-0.3, -0.25) is 4.79 Å². The number of likely N-dealkylation sites (tertiary alicyclic amines) is 1. The van der Waals surface area contributed by atoms with Crippen LogP contribution in [0.2, 0.25) is 0 Å². The summed E-state index contributed by atoms with van der Waals surface area (Å²) < 4.78 is 0. The van der Waals surface area contributed by atoms with Crippen molar-refractivity contribution < 1.29 is 4.79 Å². The van der Waals surface area contributed by atoms with Crippen LogP contribution >= 0.6 is 0 Å². The quantitative estimate of drug-likeness (QED) is 0.746. The van der Waals surface area contributed by atoms with Crippen molar-refractivity contribution in [2.24, 2.45) is 0 Å². The van der Waals surface area contributed by atoms with Gasteiger partial charge in [0.15, 0.2) is 0 Å². The molecule has 0 spiro atoms. The highest BCUT2D eigenvalue weighted by Crippen LogP contribution is 2.14. The molecular formula is C14H19NO. The molecule has 0 aliphatic carbocycles. The third-order valence-corrected chi connectivity index (χ3v) is 3.23. The molecule has 1 fully saturated rings. The zero-order valence-electron chi connectivity index (χ0n) is 9.91. The first-order valence-corrected chi connectivity index (χ1v) is 6.19. The maximum absolute atomic E-state index is 12.2. The molecule has 16 heavy (non-hydrogen) atoms. The van der Waals surface area contributed by atoms with Gasteiger partial charge in [0, 0.05) is 18.7 Å². The van der Waals surface area contributed by atoms with Gasteiger partial charge in [0.25, 0.3) is 5.91 Å². The Morgan fingerprint density at radius 2 is 2.00 bits per heavy atom. The number of amides is 1. The summed E-state index contributed by atoms with van der Waals surface area (Å²) in [4.78, 5) is 14.2. The maximum atomic E-state index is 12.2. The van der Waals surface area contributed by atoms with Crippen LogP contribution in [0.4, 0.5) is 0 Å². The van der Waals surface area contributed by atoms with Crippen LogP contribution in [-0.4, -0.2) is 23.9 Å². The second-order valence-electron chi connectivity index (χ2n) is 4.41. The molecule has 2 heteroatoms. The largest absolute Gasteiger partial charge is 0.339 e. The van der Waals surface area contributed by atoms with Crippen molar-refractivity contribution in [3.05, 3.63) is 35.4 Å². The highest BCUT2D eigenvalue weighted by Gasteiger charge is 2.17. The highest BCUT2D eigenvalue weighted by atomic mass is 16.2. The van der Waals surface area contributed by atoms with E-state index >= 15 is 0 Å². The van der Waals surface area contributed by atoms with E-state index in [1.54, 1.807) is 0 Å². The predicted molar refractivity (Wildman–Crippen MR) is 65.6 cm³/mol. The van der Waals surface area contributed by atoms with Gasteiger partial charge < -0.3 is 4.90 Å². The molecule has 86 valence electrons. The minimum Gasteiger partial charge on any atom is -0.339 e. The Morgan fingerprint density at radius 3 is 2.69 bits per heavy atom. The minimum atomic E-state index is 0.204. The molecule has 0 radical (unpaired) electrons. The van der Waals surface area contributed by atoms with Crippen LogP contribution < -0.4 is 0 Å². The molecular weight excluding hydrogens is 198 g/mol. The van der Waals surface area contributed by atoms with E-state index in [0.717, 1.165) is 37.9 Å². The third kappa shape index (κ3) is 2.43. The van der Waals surface area contributed by atoms with Crippen molar-refractivity contribution >= 4 is 5.91 Å². The fraction of sp³-hybridized carbons (Fsp3) is 0.500. The lowest BCUT2D eigenvalue weighted by Gasteiger charge is -2.26. The fourth-order valence-electron chi connectivity index (χ4n) is 2.20. The van der Waals surface area contributed by atoms with Gasteiger partial charge in [-0.15, -0.1) is 0 Å². The van der Waals surface area contributed by atoms with E-state index in [9.17, 15) is 4.79 Å². The summed E-state index contributed by atoms with van der Waals surface area (Å²) in [7, 11) is 0. The van der Waals surface area contributed by atoms with Gasteiger partial charge in [-0.2, -0.15) is 0 Å². The zero-order valence-corrected chi connectivity index (χ0v) is 9.91. The van der Waals surface area contributed by atoms with Crippen LogP contribution in [0.1, 0.15) is 42.1 Å². The number of rotatable bonds is 2. The summed E-state index contributed by atoms with van der Waals surface area (Å²) in [6.07, 6.45) is 4.55. The van der Waals surface area contributed by atoms with Gasteiger partial charge >= 0.3 is 0 Å². The van der Waals surface area contributed by atoms with Crippen molar-refractivity contribution in [1.29, 1.82) is 0 Å². The molecule has 1 aromatic carbocycles. The molecule has 1 aromatic rings. The van der Waals surface area contributed by atoms with E-state index in [0.29, 0.717) is 0 Å². The second-order valence-corrected chi connectivity index (χ2v) is 4.41. The van der Waals surface area contributed by atoms with Gasteiger partial charge in [-0.25, -0.2) is 0 Å². The molecule has 0 atom stereocenters. The normalized spacial score (nSPS) is 16.2. The number of hydrogen-bond acceptors (Lipinski definition) is 1. The molecule has 1 heterocycles. The Labute approximate surface area is 97.3 Å². The van der Waals surface area contributed by atoms with Crippen LogP contribution in [0, 0.1) is 0 Å². The first-order chi connectivity index (χ1) is 7.81. The lowest BCUT2D eigenvalue weighted by Crippen LogP contribution is -2.35. The maximum Gasteiger partial charge on any atom is 0.253 e. The molecule has 0 unspecified atom stereocenters. The smallest absolute Gasteiger partial charge is 0.253 e. The number of carbonyl (C=O) groups excluding carboxylic acids is 1. The summed E-state index contributed by atoms with van der Waals surface area (Å²) in [5.41, 5.74) is 2.09. The molecule has 0 bridgehead atoms. The average molecular weight is 217 g/mol. The van der Waals surface area contributed by atoms with Crippen molar-refractivity contribution in [2.75, 3.05) is 13.1 Å². The molecule has 1 saturated heterocycles. The van der Waals surface area contributed by atoms with Crippen LogP contribution in [0.25, 0.3) is 0 Å². The lowest BCUT2D eigenvalue weighted by molar-refractivity contribution is 0.0724. The molecule has 0 aromatic heterocycles. The third-order valence-electron chi connectivity index (χ3n) is 3.23. The summed E-state index contributed by atoms with van der Waals surface area (Å²) >= 11 is 0. The monoisotopic (exact) mass is 217 g/mol. The van der Waals surface area contributed by atoms with E-state index in [2.05, 4.69) is 13.0 Å². The van der Waals surface area contributed by atoms with Crippen molar-refractivity contribution in [3.63, 3.8) is 0 Å². The van der Waals surface area contributed by atoms with E-state index in [-0.39, 0.29) is 5.91 Å². The molecule has 1 aliphatic heterocycles. The van der Waals surface area contributed by atoms with Gasteiger partial charge in [-0.1, -0.05) is 19.1 Å². The highest BCUT2D eigenvalue weighted by molar-refractivity contribution is 5.94. The van der Waals surface area contributed by atoms with Gasteiger partial charge in [0.2, 0.25) is 0 Å². The molecule has 1 aliphatic rings. The zero-order chi connectivity index (χ0) is 11.4. The minimum absolute atomic E-state index is 0.204. The molecule has 0 saturated carbocycles. The summed E-state index contributed by atoms with van der Waals surface area (Å²) in [5.74, 6) is 0.204.